The maximum Gasteiger partial charge on any atom is 0.337 e. The Kier molecular flexibility index (Phi) is 5.47. The summed E-state index contributed by atoms with van der Waals surface area (Å²) < 4.78 is 16.9. The van der Waals surface area contributed by atoms with Crippen LogP contribution in [0.1, 0.15) is 65.7 Å². The molecule has 1 unspecified atom stereocenters. The molecule has 1 saturated carbocycles. The average molecular weight is 342 g/mol. The lowest BCUT2D eigenvalue weighted by atomic mass is 9.82. The van der Waals surface area contributed by atoms with Crippen LogP contribution < -0.4 is 4.74 Å². The van der Waals surface area contributed by atoms with Gasteiger partial charge in [0.2, 0.25) is 0 Å². The molecule has 134 valence electrons. The SMILES string of the molecule is COC(=O)c1ccc(OC(c2cc(C)oc2C)C2CCCCC2)cc1. The molecule has 0 saturated heterocycles. The first-order chi connectivity index (χ1) is 12.1. The summed E-state index contributed by atoms with van der Waals surface area (Å²) in [6.45, 7) is 3.97. The van der Waals surface area contributed by atoms with Crippen LogP contribution in [0.2, 0.25) is 0 Å². The van der Waals surface area contributed by atoms with E-state index in [0.717, 1.165) is 22.8 Å². The molecule has 0 bridgehead atoms. The summed E-state index contributed by atoms with van der Waals surface area (Å²) >= 11 is 0. The fraction of sp³-hybridized carbons (Fsp3) is 0.476. The van der Waals surface area contributed by atoms with Gasteiger partial charge in [-0.15, -0.1) is 0 Å². The maximum atomic E-state index is 11.6. The fourth-order valence-corrected chi connectivity index (χ4v) is 3.72. The number of carbonyl (C=O) groups is 1. The van der Waals surface area contributed by atoms with Gasteiger partial charge in [0.25, 0.3) is 0 Å². The molecule has 25 heavy (non-hydrogen) atoms. The lowest BCUT2D eigenvalue weighted by molar-refractivity contribution is 0.0600. The van der Waals surface area contributed by atoms with Gasteiger partial charge in [-0.1, -0.05) is 19.3 Å². The fourth-order valence-electron chi connectivity index (χ4n) is 3.72. The minimum atomic E-state index is -0.336. The zero-order valence-electron chi connectivity index (χ0n) is 15.2. The predicted octanol–water partition coefficient (Wildman–Crippen LogP) is 5.38. The molecule has 4 heteroatoms. The van der Waals surface area contributed by atoms with Crippen molar-refractivity contribution in [1.82, 2.24) is 0 Å². The summed E-state index contributed by atoms with van der Waals surface area (Å²) in [5.74, 6) is 2.76. The first-order valence-corrected chi connectivity index (χ1v) is 9.00. The minimum Gasteiger partial charge on any atom is -0.485 e. The third-order valence-electron chi connectivity index (χ3n) is 5.00. The molecule has 0 aliphatic heterocycles. The van der Waals surface area contributed by atoms with Crippen LogP contribution in [-0.2, 0) is 4.74 Å². The number of aryl methyl sites for hydroxylation is 2. The first kappa shape index (κ1) is 17.6. The van der Waals surface area contributed by atoms with Crippen molar-refractivity contribution in [2.75, 3.05) is 7.11 Å². The van der Waals surface area contributed by atoms with E-state index in [1.54, 1.807) is 12.1 Å². The first-order valence-electron chi connectivity index (χ1n) is 9.00. The monoisotopic (exact) mass is 342 g/mol. The number of hydrogen-bond acceptors (Lipinski definition) is 4. The largest absolute Gasteiger partial charge is 0.485 e. The summed E-state index contributed by atoms with van der Waals surface area (Å²) in [5.41, 5.74) is 1.67. The van der Waals surface area contributed by atoms with Crippen LogP contribution in [0.3, 0.4) is 0 Å². The Labute approximate surface area is 149 Å². The summed E-state index contributed by atoms with van der Waals surface area (Å²) in [4.78, 5) is 11.6. The highest BCUT2D eigenvalue weighted by atomic mass is 16.5. The predicted molar refractivity (Wildman–Crippen MR) is 95.9 cm³/mol. The molecule has 1 atom stereocenters. The molecule has 2 aromatic rings. The Bertz CT molecular complexity index is 708. The van der Waals surface area contributed by atoms with Crippen LogP contribution in [0, 0.1) is 19.8 Å². The van der Waals surface area contributed by atoms with Crippen molar-refractivity contribution in [3.8, 4) is 5.75 Å². The Morgan fingerprint density at radius 1 is 1.12 bits per heavy atom. The molecular weight excluding hydrogens is 316 g/mol. The Balaban J connectivity index is 1.84. The van der Waals surface area contributed by atoms with Crippen LogP contribution in [0.25, 0.3) is 0 Å². The van der Waals surface area contributed by atoms with Crippen molar-refractivity contribution >= 4 is 5.97 Å². The summed E-state index contributed by atoms with van der Waals surface area (Å²) in [5, 5.41) is 0. The van der Waals surface area contributed by atoms with E-state index < -0.39 is 0 Å². The summed E-state index contributed by atoms with van der Waals surface area (Å²) in [6, 6.07) is 9.26. The van der Waals surface area contributed by atoms with E-state index >= 15 is 0 Å². The highest BCUT2D eigenvalue weighted by Crippen LogP contribution is 2.39. The molecule has 1 aliphatic carbocycles. The third-order valence-corrected chi connectivity index (χ3v) is 5.00. The van der Waals surface area contributed by atoms with Crippen molar-refractivity contribution in [2.24, 2.45) is 5.92 Å². The van der Waals surface area contributed by atoms with Gasteiger partial charge in [-0.05, 0) is 57.0 Å². The van der Waals surface area contributed by atoms with Gasteiger partial charge in [0.1, 0.15) is 23.4 Å². The Morgan fingerprint density at radius 3 is 2.36 bits per heavy atom. The average Bonchev–Trinajstić information content (AvgIpc) is 2.98. The third kappa shape index (κ3) is 4.06. The van der Waals surface area contributed by atoms with Gasteiger partial charge < -0.3 is 13.9 Å². The molecule has 0 radical (unpaired) electrons. The molecule has 1 aliphatic rings. The molecule has 1 heterocycles. The van der Waals surface area contributed by atoms with Gasteiger partial charge in [0.15, 0.2) is 0 Å². The Morgan fingerprint density at radius 2 is 1.80 bits per heavy atom. The zero-order chi connectivity index (χ0) is 17.8. The number of ether oxygens (including phenoxy) is 2. The smallest absolute Gasteiger partial charge is 0.337 e. The van der Waals surface area contributed by atoms with Crippen molar-refractivity contribution in [3.05, 3.63) is 53.0 Å². The van der Waals surface area contributed by atoms with Crippen LogP contribution in [-0.4, -0.2) is 13.1 Å². The van der Waals surface area contributed by atoms with Crippen LogP contribution >= 0.6 is 0 Å². The van der Waals surface area contributed by atoms with E-state index in [1.165, 1.54) is 39.2 Å². The Hall–Kier alpha value is -2.23. The topological polar surface area (TPSA) is 48.7 Å². The van der Waals surface area contributed by atoms with E-state index in [1.807, 2.05) is 26.0 Å². The molecule has 0 spiro atoms. The highest BCUT2D eigenvalue weighted by molar-refractivity contribution is 5.89. The normalized spacial score (nSPS) is 16.4. The highest BCUT2D eigenvalue weighted by Gasteiger charge is 2.29. The number of benzene rings is 1. The summed E-state index contributed by atoms with van der Waals surface area (Å²) in [7, 11) is 1.38. The van der Waals surface area contributed by atoms with Gasteiger partial charge in [-0.3, -0.25) is 0 Å². The van der Waals surface area contributed by atoms with Crippen molar-refractivity contribution in [3.63, 3.8) is 0 Å². The van der Waals surface area contributed by atoms with Crippen LogP contribution in [0.5, 0.6) is 5.75 Å². The minimum absolute atomic E-state index is 0.0123. The molecule has 4 nitrogen and oxygen atoms in total. The summed E-state index contributed by atoms with van der Waals surface area (Å²) in [6.07, 6.45) is 6.15. The molecule has 1 aromatic carbocycles. The van der Waals surface area contributed by atoms with Crippen LogP contribution in [0.15, 0.2) is 34.7 Å². The second-order valence-corrected chi connectivity index (χ2v) is 6.82. The maximum absolute atomic E-state index is 11.6. The molecular formula is C21H26O4. The van der Waals surface area contributed by atoms with Crippen LogP contribution in [0.4, 0.5) is 0 Å². The van der Waals surface area contributed by atoms with Gasteiger partial charge in [0, 0.05) is 11.5 Å². The van der Waals surface area contributed by atoms with E-state index in [9.17, 15) is 4.79 Å². The quantitative estimate of drug-likeness (QED) is 0.684. The molecule has 3 rings (SSSR count). The lowest BCUT2D eigenvalue weighted by Crippen LogP contribution is -2.21. The van der Waals surface area contributed by atoms with Gasteiger partial charge in [0.05, 0.1) is 12.7 Å². The molecule has 1 aromatic heterocycles. The van der Waals surface area contributed by atoms with Gasteiger partial charge >= 0.3 is 5.97 Å². The van der Waals surface area contributed by atoms with Crippen molar-refractivity contribution in [1.29, 1.82) is 0 Å². The van der Waals surface area contributed by atoms with E-state index in [-0.39, 0.29) is 12.1 Å². The van der Waals surface area contributed by atoms with Gasteiger partial charge in [-0.25, -0.2) is 4.79 Å². The number of hydrogen-bond donors (Lipinski definition) is 0. The molecule has 0 amide bonds. The van der Waals surface area contributed by atoms with Crippen molar-refractivity contribution < 1.29 is 18.7 Å². The van der Waals surface area contributed by atoms with E-state index in [2.05, 4.69) is 6.07 Å². The van der Waals surface area contributed by atoms with Gasteiger partial charge in [-0.2, -0.15) is 0 Å². The molecule has 0 N–H and O–H groups in total. The standard InChI is InChI=1S/C21H26O4/c1-14-13-19(15(2)24-14)20(16-7-5-4-6-8-16)25-18-11-9-17(10-12-18)21(22)23-3/h9-13,16,20H,4-8H2,1-3H3. The number of carbonyl (C=O) groups excluding carboxylic acids is 1. The van der Waals surface area contributed by atoms with E-state index in [4.69, 9.17) is 13.9 Å². The van der Waals surface area contributed by atoms with E-state index in [0.29, 0.717) is 11.5 Å². The zero-order valence-corrected chi connectivity index (χ0v) is 15.2. The lowest BCUT2D eigenvalue weighted by Gasteiger charge is -2.30. The molecule has 1 fully saturated rings. The number of esters is 1. The number of rotatable bonds is 5. The van der Waals surface area contributed by atoms with Crippen molar-refractivity contribution in [2.45, 2.75) is 52.1 Å². The number of furan rings is 1. The second kappa shape index (κ2) is 7.77. The second-order valence-electron chi connectivity index (χ2n) is 6.82. The number of methoxy groups -OCH3 is 1.